The van der Waals surface area contributed by atoms with E-state index in [0.717, 1.165) is 12.0 Å². The number of hydrogen-bond acceptors (Lipinski definition) is 4. The molecule has 2 aromatic heterocycles. The van der Waals surface area contributed by atoms with E-state index in [1.54, 1.807) is 21.5 Å². The number of hydrogen-bond donors (Lipinski definition) is 1. The third-order valence-electron chi connectivity index (χ3n) is 6.01. The Morgan fingerprint density at radius 2 is 2.06 bits per heavy atom. The molecule has 0 bridgehead atoms. The summed E-state index contributed by atoms with van der Waals surface area (Å²) in [6.07, 6.45) is 11.1. The van der Waals surface area contributed by atoms with Crippen LogP contribution < -0.4 is 10.9 Å². The summed E-state index contributed by atoms with van der Waals surface area (Å²) in [5, 5.41) is 8.37. The van der Waals surface area contributed by atoms with Crippen molar-refractivity contribution >= 4 is 28.5 Å². The van der Waals surface area contributed by atoms with E-state index in [-0.39, 0.29) is 11.5 Å². The lowest BCUT2D eigenvalue weighted by molar-refractivity contribution is -0.121. The van der Waals surface area contributed by atoms with Gasteiger partial charge in [-0.15, -0.1) is 0 Å². The summed E-state index contributed by atoms with van der Waals surface area (Å²) in [6, 6.07) is 7.41. The Balaban J connectivity index is 1.33. The lowest BCUT2D eigenvalue weighted by Crippen LogP contribution is -2.28. The predicted octanol–water partition coefficient (Wildman–Crippen LogP) is 3.77. The van der Waals surface area contributed by atoms with Gasteiger partial charge in [0.05, 0.1) is 19.3 Å². The maximum atomic E-state index is 12.8. The van der Waals surface area contributed by atoms with Crippen molar-refractivity contribution in [1.82, 2.24) is 24.6 Å². The highest BCUT2D eigenvalue weighted by atomic mass is 35.5. The average molecular weight is 442 g/mol. The lowest BCUT2D eigenvalue weighted by atomic mass is 9.86. The summed E-state index contributed by atoms with van der Waals surface area (Å²) >= 11 is 6.03. The number of nitrogens with one attached hydrogen (secondary N) is 1. The van der Waals surface area contributed by atoms with Crippen molar-refractivity contribution in [2.24, 2.45) is 5.92 Å². The molecule has 1 saturated carbocycles. The Morgan fingerprint density at radius 3 is 2.87 bits per heavy atom. The molecular weight excluding hydrogens is 414 g/mol. The fourth-order valence-electron chi connectivity index (χ4n) is 4.31. The summed E-state index contributed by atoms with van der Waals surface area (Å²) in [5.74, 6) is 0.784. The maximum absolute atomic E-state index is 12.8. The van der Waals surface area contributed by atoms with Crippen molar-refractivity contribution in [3.63, 3.8) is 0 Å². The zero-order valence-corrected chi connectivity index (χ0v) is 18.4. The van der Waals surface area contributed by atoms with E-state index < -0.39 is 0 Å². The zero-order valence-electron chi connectivity index (χ0n) is 17.6. The standard InChI is InChI=1S/C23H28ClN5O2/c24-19-8-4-7-18(13-19)15-28-16-26-22-20(23(28)31)14-27-29(22)12-11-25-21(30)10-9-17-5-2-1-3-6-17/h4,7-8,13-14,16-17H,1-3,5-6,9-12,15H2,(H,25,30). The number of rotatable bonds is 8. The minimum absolute atomic E-state index is 0.0823. The van der Waals surface area contributed by atoms with Crippen LogP contribution in [0.15, 0.2) is 41.6 Å². The molecule has 4 rings (SSSR count). The molecule has 0 aliphatic heterocycles. The van der Waals surface area contributed by atoms with E-state index in [0.29, 0.717) is 48.0 Å². The highest BCUT2D eigenvalue weighted by Gasteiger charge is 2.15. The Morgan fingerprint density at radius 1 is 1.23 bits per heavy atom. The van der Waals surface area contributed by atoms with Crippen LogP contribution in [0.2, 0.25) is 5.02 Å². The molecule has 1 aliphatic rings. The number of carbonyl (C=O) groups excluding carboxylic acids is 1. The van der Waals surface area contributed by atoms with Crippen LogP contribution in [0.1, 0.15) is 50.5 Å². The van der Waals surface area contributed by atoms with Gasteiger partial charge in [0.1, 0.15) is 11.7 Å². The van der Waals surface area contributed by atoms with E-state index in [4.69, 9.17) is 11.6 Å². The van der Waals surface area contributed by atoms with Crippen molar-refractivity contribution in [3.05, 3.63) is 57.7 Å². The van der Waals surface area contributed by atoms with Crippen molar-refractivity contribution in [2.75, 3.05) is 6.54 Å². The molecule has 164 valence electrons. The van der Waals surface area contributed by atoms with Crippen LogP contribution in [0.3, 0.4) is 0 Å². The van der Waals surface area contributed by atoms with Crippen molar-refractivity contribution in [1.29, 1.82) is 0 Å². The summed E-state index contributed by atoms with van der Waals surface area (Å²) in [5.41, 5.74) is 1.32. The second-order valence-electron chi connectivity index (χ2n) is 8.31. The van der Waals surface area contributed by atoms with Gasteiger partial charge >= 0.3 is 0 Å². The normalized spacial score (nSPS) is 14.7. The molecule has 1 amide bonds. The fraction of sp³-hybridized carbons (Fsp3) is 0.478. The van der Waals surface area contributed by atoms with Gasteiger partial charge in [-0.2, -0.15) is 5.10 Å². The number of nitrogens with zero attached hydrogens (tertiary/aromatic N) is 4. The number of carbonyl (C=O) groups is 1. The molecule has 31 heavy (non-hydrogen) atoms. The summed E-state index contributed by atoms with van der Waals surface area (Å²) in [7, 11) is 0. The van der Waals surface area contributed by atoms with Crippen LogP contribution in [0.25, 0.3) is 11.0 Å². The van der Waals surface area contributed by atoms with Crippen LogP contribution >= 0.6 is 11.6 Å². The van der Waals surface area contributed by atoms with Gasteiger partial charge in [-0.05, 0) is 30.0 Å². The van der Waals surface area contributed by atoms with Crippen LogP contribution in [-0.2, 0) is 17.9 Å². The van der Waals surface area contributed by atoms with Gasteiger partial charge in [0.25, 0.3) is 5.56 Å². The molecule has 1 N–H and O–H groups in total. The van der Waals surface area contributed by atoms with Gasteiger partial charge in [0.15, 0.2) is 5.65 Å². The molecule has 1 aromatic carbocycles. The Labute approximate surface area is 186 Å². The molecule has 7 nitrogen and oxygen atoms in total. The largest absolute Gasteiger partial charge is 0.354 e. The average Bonchev–Trinajstić information content (AvgIpc) is 3.19. The van der Waals surface area contributed by atoms with Crippen molar-refractivity contribution < 1.29 is 4.79 Å². The van der Waals surface area contributed by atoms with Gasteiger partial charge in [0.2, 0.25) is 5.91 Å². The first kappa shape index (κ1) is 21.6. The monoisotopic (exact) mass is 441 g/mol. The summed E-state index contributed by atoms with van der Waals surface area (Å²) in [4.78, 5) is 29.4. The third-order valence-corrected chi connectivity index (χ3v) is 6.25. The minimum atomic E-state index is -0.146. The van der Waals surface area contributed by atoms with Gasteiger partial charge < -0.3 is 5.32 Å². The molecule has 2 heterocycles. The second-order valence-corrected chi connectivity index (χ2v) is 8.74. The zero-order chi connectivity index (χ0) is 21.6. The van der Waals surface area contributed by atoms with E-state index in [1.807, 2.05) is 18.2 Å². The second kappa shape index (κ2) is 10.1. The summed E-state index contributed by atoms with van der Waals surface area (Å²) < 4.78 is 3.22. The topological polar surface area (TPSA) is 81.8 Å². The molecule has 0 radical (unpaired) electrons. The molecule has 1 aliphatic carbocycles. The first-order valence-electron chi connectivity index (χ1n) is 11.0. The molecule has 0 spiro atoms. The third kappa shape index (κ3) is 5.53. The van der Waals surface area contributed by atoms with Crippen LogP contribution in [0.4, 0.5) is 0 Å². The Bertz CT molecular complexity index is 1100. The molecule has 1 fully saturated rings. The van der Waals surface area contributed by atoms with Gasteiger partial charge in [-0.1, -0.05) is 55.8 Å². The molecule has 3 aromatic rings. The fourth-order valence-corrected chi connectivity index (χ4v) is 4.52. The molecule has 8 heteroatoms. The van der Waals surface area contributed by atoms with Crippen LogP contribution in [0, 0.1) is 5.92 Å². The van der Waals surface area contributed by atoms with Crippen LogP contribution in [0.5, 0.6) is 0 Å². The first-order chi connectivity index (χ1) is 15.1. The number of benzene rings is 1. The summed E-state index contributed by atoms with van der Waals surface area (Å²) in [6.45, 7) is 1.33. The van der Waals surface area contributed by atoms with E-state index >= 15 is 0 Å². The number of fused-ring (bicyclic) bond motifs is 1. The minimum Gasteiger partial charge on any atom is -0.354 e. The Kier molecular flexibility index (Phi) is 7.02. The molecular formula is C23H28ClN5O2. The van der Waals surface area contributed by atoms with Gasteiger partial charge in [-0.3, -0.25) is 14.2 Å². The smallest absolute Gasteiger partial charge is 0.264 e. The number of halogens is 1. The first-order valence-corrected chi connectivity index (χ1v) is 11.4. The van der Waals surface area contributed by atoms with Crippen molar-refractivity contribution in [2.45, 2.75) is 58.0 Å². The van der Waals surface area contributed by atoms with Crippen LogP contribution in [-0.4, -0.2) is 31.8 Å². The van der Waals surface area contributed by atoms with Gasteiger partial charge in [0, 0.05) is 18.0 Å². The molecule has 0 saturated heterocycles. The highest BCUT2D eigenvalue weighted by Crippen LogP contribution is 2.27. The lowest BCUT2D eigenvalue weighted by Gasteiger charge is -2.20. The highest BCUT2D eigenvalue weighted by molar-refractivity contribution is 6.30. The predicted molar refractivity (Wildman–Crippen MR) is 121 cm³/mol. The number of aromatic nitrogens is 4. The quantitative estimate of drug-likeness (QED) is 0.576. The van der Waals surface area contributed by atoms with E-state index in [1.165, 1.54) is 38.4 Å². The van der Waals surface area contributed by atoms with E-state index in [2.05, 4.69) is 15.4 Å². The SMILES string of the molecule is O=C(CCC1CCCCC1)NCCn1ncc2c(=O)n(Cc3cccc(Cl)c3)cnc21. The number of amides is 1. The molecule has 0 atom stereocenters. The van der Waals surface area contributed by atoms with Gasteiger partial charge in [-0.25, -0.2) is 9.67 Å². The Hall–Kier alpha value is -2.67. The maximum Gasteiger partial charge on any atom is 0.264 e. The van der Waals surface area contributed by atoms with Crippen molar-refractivity contribution in [3.8, 4) is 0 Å². The molecule has 0 unspecified atom stereocenters. The van der Waals surface area contributed by atoms with E-state index in [9.17, 15) is 9.59 Å².